The Labute approximate surface area is 218 Å². The van der Waals surface area contributed by atoms with E-state index in [-0.39, 0.29) is 35.0 Å². The number of halogens is 3. The van der Waals surface area contributed by atoms with E-state index in [2.05, 4.69) is 10.3 Å². The molecule has 1 atom stereocenters. The smallest absolute Gasteiger partial charge is 0.449 e. The molecule has 0 bridgehead atoms. The topological polar surface area (TPSA) is 75.4 Å². The first-order valence-corrected chi connectivity index (χ1v) is 13.4. The summed E-state index contributed by atoms with van der Waals surface area (Å²) in [7, 11) is 0. The summed E-state index contributed by atoms with van der Waals surface area (Å²) in [5, 5.41) is 3.66. The Morgan fingerprint density at radius 1 is 1.16 bits per heavy atom. The van der Waals surface area contributed by atoms with Crippen LogP contribution in [0.3, 0.4) is 0 Å². The van der Waals surface area contributed by atoms with Crippen LogP contribution in [0.5, 0.6) is 0 Å². The van der Waals surface area contributed by atoms with Gasteiger partial charge < -0.3 is 14.6 Å². The minimum atomic E-state index is -4.65. The minimum Gasteiger partial charge on any atom is -0.451 e. The van der Waals surface area contributed by atoms with Crippen molar-refractivity contribution in [2.45, 2.75) is 26.1 Å². The Bertz CT molecular complexity index is 1500. The van der Waals surface area contributed by atoms with Crippen molar-refractivity contribution in [3.05, 3.63) is 76.1 Å². The lowest BCUT2D eigenvalue weighted by atomic mass is 10.1. The van der Waals surface area contributed by atoms with Gasteiger partial charge in [0.1, 0.15) is 11.3 Å². The summed E-state index contributed by atoms with van der Waals surface area (Å²) in [6.07, 6.45) is -4.65. The van der Waals surface area contributed by atoms with Crippen LogP contribution < -0.4 is 5.32 Å². The van der Waals surface area contributed by atoms with Gasteiger partial charge in [-0.25, -0.2) is 4.98 Å². The number of aromatic nitrogens is 1. The first kappa shape index (κ1) is 25.3. The standard InChI is InChI=1S/C26H22F3N3O3S2/c1-14-5-3-6-16(9-14)23-22(31-15(2)37-23)25(34)32-13-36-12-17(32)11-30-24(33)18-7-4-8-20-19(18)10-21(35-20)26(27,28)29/h3-10,17H,11-13H2,1-2H3,(H,30,33). The molecule has 2 amide bonds. The van der Waals surface area contributed by atoms with Gasteiger partial charge in [0, 0.05) is 17.7 Å². The normalized spacial score (nSPS) is 15.9. The van der Waals surface area contributed by atoms with E-state index in [1.165, 1.54) is 29.5 Å². The quantitative estimate of drug-likeness (QED) is 0.326. The number of carbonyl (C=O) groups is 2. The molecule has 1 aliphatic rings. The second kappa shape index (κ2) is 9.86. The molecule has 5 rings (SSSR count). The van der Waals surface area contributed by atoms with E-state index in [1.54, 1.807) is 16.7 Å². The number of thioether (sulfide) groups is 1. The fourth-order valence-electron chi connectivity index (χ4n) is 4.27. The Morgan fingerprint density at radius 2 is 1.95 bits per heavy atom. The maximum Gasteiger partial charge on any atom is 0.449 e. The average Bonchev–Trinajstić information content (AvgIpc) is 3.59. The van der Waals surface area contributed by atoms with E-state index in [1.807, 2.05) is 38.1 Å². The lowest BCUT2D eigenvalue weighted by Crippen LogP contribution is -2.44. The molecule has 2 aromatic heterocycles. The molecule has 4 aromatic rings. The number of hydrogen-bond donors (Lipinski definition) is 1. The number of fused-ring (bicyclic) bond motifs is 1. The highest BCUT2D eigenvalue weighted by molar-refractivity contribution is 7.99. The number of aryl methyl sites for hydroxylation is 2. The van der Waals surface area contributed by atoms with Gasteiger partial charge in [0.15, 0.2) is 0 Å². The van der Waals surface area contributed by atoms with Crippen LogP contribution in [0.1, 0.15) is 37.2 Å². The lowest BCUT2D eigenvalue weighted by molar-refractivity contribution is -0.152. The first-order chi connectivity index (χ1) is 17.6. The summed E-state index contributed by atoms with van der Waals surface area (Å²) in [4.78, 5) is 33.5. The maximum atomic E-state index is 13.6. The zero-order chi connectivity index (χ0) is 26.3. The number of amides is 2. The zero-order valence-electron chi connectivity index (χ0n) is 19.9. The number of nitrogens with one attached hydrogen (secondary N) is 1. The summed E-state index contributed by atoms with van der Waals surface area (Å²) < 4.78 is 44.2. The van der Waals surface area contributed by atoms with Crippen LogP contribution in [0, 0.1) is 13.8 Å². The maximum absolute atomic E-state index is 13.6. The molecular formula is C26H22F3N3O3S2. The molecule has 0 aliphatic carbocycles. The number of thiazole rings is 1. The van der Waals surface area contributed by atoms with Gasteiger partial charge in [-0.15, -0.1) is 23.1 Å². The van der Waals surface area contributed by atoms with Crippen molar-refractivity contribution in [2.75, 3.05) is 18.2 Å². The minimum absolute atomic E-state index is 0.0178. The Balaban J connectivity index is 1.33. The zero-order valence-corrected chi connectivity index (χ0v) is 21.5. The monoisotopic (exact) mass is 545 g/mol. The first-order valence-electron chi connectivity index (χ1n) is 11.4. The molecule has 192 valence electrons. The third-order valence-electron chi connectivity index (χ3n) is 6.04. The van der Waals surface area contributed by atoms with Crippen LogP contribution in [-0.4, -0.2) is 45.9 Å². The molecule has 2 aromatic carbocycles. The molecule has 0 spiro atoms. The van der Waals surface area contributed by atoms with Gasteiger partial charge in [-0.1, -0.05) is 35.9 Å². The number of carbonyl (C=O) groups excluding carboxylic acids is 2. The molecule has 0 radical (unpaired) electrons. The summed E-state index contributed by atoms with van der Waals surface area (Å²) in [6.45, 7) is 4.00. The lowest BCUT2D eigenvalue weighted by Gasteiger charge is -2.24. The van der Waals surface area contributed by atoms with Crippen molar-refractivity contribution in [1.82, 2.24) is 15.2 Å². The molecule has 1 N–H and O–H groups in total. The van der Waals surface area contributed by atoms with Crippen LogP contribution >= 0.6 is 23.1 Å². The predicted molar refractivity (Wildman–Crippen MR) is 138 cm³/mol. The molecule has 1 saturated heterocycles. The Hall–Kier alpha value is -3.31. The van der Waals surface area contributed by atoms with Crippen LogP contribution in [0.25, 0.3) is 21.4 Å². The van der Waals surface area contributed by atoms with Crippen LogP contribution in [0.4, 0.5) is 13.2 Å². The third-order valence-corrected chi connectivity index (χ3v) is 8.14. The number of nitrogens with zero attached hydrogens (tertiary/aromatic N) is 2. The van der Waals surface area contributed by atoms with Gasteiger partial charge in [-0.05, 0) is 37.6 Å². The second-order valence-corrected chi connectivity index (χ2v) is 10.9. The average molecular weight is 546 g/mol. The molecule has 3 heterocycles. The number of furan rings is 1. The van der Waals surface area contributed by atoms with Gasteiger partial charge >= 0.3 is 6.18 Å². The highest BCUT2D eigenvalue weighted by Gasteiger charge is 2.36. The van der Waals surface area contributed by atoms with Crippen molar-refractivity contribution >= 4 is 45.9 Å². The van der Waals surface area contributed by atoms with Gasteiger partial charge in [0.25, 0.3) is 11.8 Å². The number of benzene rings is 2. The molecule has 0 saturated carbocycles. The molecule has 1 fully saturated rings. The molecule has 11 heteroatoms. The van der Waals surface area contributed by atoms with Crippen molar-refractivity contribution in [2.24, 2.45) is 0 Å². The summed E-state index contributed by atoms with van der Waals surface area (Å²) in [5.74, 6) is -0.834. The fraction of sp³-hybridized carbons (Fsp3) is 0.269. The van der Waals surface area contributed by atoms with Crippen LogP contribution in [0.15, 0.2) is 52.9 Å². The van der Waals surface area contributed by atoms with Crippen molar-refractivity contribution < 1.29 is 27.2 Å². The SMILES string of the molecule is Cc1cccc(-c2sc(C)nc2C(=O)N2CSCC2CNC(=O)c2cccc3oc(C(F)(F)F)cc23)c1. The molecular weight excluding hydrogens is 523 g/mol. The summed E-state index contributed by atoms with van der Waals surface area (Å²) in [6, 6.07) is 12.8. The van der Waals surface area contributed by atoms with Crippen molar-refractivity contribution in [3.8, 4) is 10.4 Å². The van der Waals surface area contributed by atoms with Gasteiger partial charge in [0.2, 0.25) is 5.76 Å². The number of hydrogen-bond acceptors (Lipinski definition) is 6. The Morgan fingerprint density at radius 3 is 2.70 bits per heavy atom. The van der Waals surface area contributed by atoms with Crippen LogP contribution in [0.2, 0.25) is 0 Å². The van der Waals surface area contributed by atoms with E-state index in [4.69, 9.17) is 4.42 Å². The van der Waals surface area contributed by atoms with Gasteiger partial charge in [-0.2, -0.15) is 13.2 Å². The van der Waals surface area contributed by atoms with E-state index in [0.717, 1.165) is 27.1 Å². The summed E-state index contributed by atoms with van der Waals surface area (Å²) >= 11 is 3.03. The van der Waals surface area contributed by atoms with Crippen LogP contribution in [-0.2, 0) is 6.18 Å². The van der Waals surface area contributed by atoms with E-state index >= 15 is 0 Å². The number of rotatable bonds is 5. The predicted octanol–water partition coefficient (Wildman–Crippen LogP) is 6.14. The van der Waals surface area contributed by atoms with Gasteiger partial charge in [0.05, 0.1) is 27.4 Å². The van der Waals surface area contributed by atoms with E-state index in [9.17, 15) is 22.8 Å². The van der Waals surface area contributed by atoms with E-state index in [0.29, 0.717) is 17.3 Å². The van der Waals surface area contributed by atoms with E-state index < -0.39 is 17.8 Å². The molecule has 6 nitrogen and oxygen atoms in total. The molecule has 1 aliphatic heterocycles. The second-order valence-electron chi connectivity index (χ2n) is 8.74. The Kier molecular flexibility index (Phi) is 6.76. The van der Waals surface area contributed by atoms with Crippen molar-refractivity contribution in [3.63, 3.8) is 0 Å². The molecule has 1 unspecified atom stereocenters. The third kappa shape index (κ3) is 5.10. The number of alkyl halides is 3. The summed E-state index contributed by atoms with van der Waals surface area (Å²) in [5.41, 5.74) is 2.45. The highest BCUT2D eigenvalue weighted by atomic mass is 32.2. The van der Waals surface area contributed by atoms with Crippen molar-refractivity contribution in [1.29, 1.82) is 0 Å². The largest absolute Gasteiger partial charge is 0.451 e. The molecule has 37 heavy (non-hydrogen) atoms. The highest BCUT2D eigenvalue weighted by Crippen LogP contribution is 2.35. The fourth-order valence-corrected chi connectivity index (χ4v) is 6.38. The van der Waals surface area contributed by atoms with Gasteiger partial charge in [-0.3, -0.25) is 9.59 Å².